The van der Waals surface area contributed by atoms with Crippen molar-refractivity contribution in [3.05, 3.63) is 29.8 Å². The van der Waals surface area contributed by atoms with Crippen LogP contribution >= 0.6 is 11.8 Å². The maximum absolute atomic E-state index is 12.9. The third-order valence-corrected chi connectivity index (χ3v) is 3.29. The van der Waals surface area contributed by atoms with Crippen LogP contribution in [0.25, 0.3) is 0 Å². The number of halogens is 2. The Balaban J connectivity index is 2.54. The van der Waals surface area contributed by atoms with Crippen molar-refractivity contribution >= 4 is 29.5 Å². The number of nitrogens with one attached hydrogen (secondary N) is 1. The highest BCUT2D eigenvalue weighted by molar-refractivity contribution is 8.00. The number of hydrogen-bond donors (Lipinski definition) is 3. The number of thioether (sulfide) groups is 1. The summed E-state index contributed by atoms with van der Waals surface area (Å²) in [6.45, 7) is 0. The minimum atomic E-state index is -1.42. The standard InChI is InChI=1S/C12H12F2N2O4S/c13-7-2-1-6(3-8(7)14)21-5-11(18)16-9(12(19)20)4-10(15)17/h1-3,9H,4-5H2,(H2,15,17)(H,16,18)(H,19,20)/t9-/m0/s1. The normalized spacial score (nSPS) is 11.7. The second kappa shape index (κ2) is 7.58. The van der Waals surface area contributed by atoms with E-state index in [4.69, 9.17) is 10.8 Å². The fourth-order valence-corrected chi connectivity index (χ4v) is 2.08. The number of carboxylic acids is 1. The number of carbonyl (C=O) groups is 3. The van der Waals surface area contributed by atoms with Gasteiger partial charge in [0.1, 0.15) is 6.04 Å². The Labute approximate surface area is 122 Å². The molecular formula is C12H12F2N2O4S. The van der Waals surface area contributed by atoms with E-state index in [0.717, 1.165) is 23.9 Å². The Morgan fingerprint density at radius 3 is 2.48 bits per heavy atom. The van der Waals surface area contributed by atoms with Crippen molar-refractivity contribution in [2.75, 3.05) is 5.75 Å². The van der Waals surface area contributed by atoms with Crippen molar-refractivity contribution < 1.29 is 28.3 Å². The van der Waals surface area contributed by atoms with Gasteiger partial charge in [-0.2, -0.15) is 0 Å². The summed E-state index contributed by atoms with van der Waals surface area (Å²) >= 11 is 0.896. The van der Waals surface area contributed by atoms with E-state index in [1.807, 2.05) is 0 Å². The van der Waals surface area contributed by atoms with Crippen LogP contribution in [-0.4, -0.2) is 34.7 Å². The predicted molar refractivity (Wildman–Crippen MR) is 70.5 cm³/mol. The fourth-order valence-electron chi connectivity index (χ4n) is 1.35. The Kier molecular flexibility index (Phi) is 6.10. The molecule has 0 aliphatic heterocycles. The Hall–Kier alpha value is -2.16. The van der Waals surface area contributed by atoms with E-state index in [2.05, 4.69) is 5.32 Å². The molecule has 0 saturated heterocycles. The summed E-state index contributed by atoms with van der Waals surface area (Å²) in [6.07, 6.45) is -0.531. The molecule has 0 heterocycles. The first-order valence-electron chi connectivity index (χ1n) is 5.68. The molecule has 1 rings (SSSR count). The van der Waals surface area contributed by atoms with Crippen molar-refractivity contribution in [1.82, 2.24) is 5.32 Å². The zero-order chi connectivity index (χ0) is 16.0. The molecule has 1 aromatic carbocycles. The predicted octanol–water partition coefficient (Wildman–Crippen LogP) is 0.502. The highest BCUT2D eigenvalue weighted by Gasteiger charge is 2.22. The number of carboxylic acid groups (broad SMARTS) is 1. The van der Waals surface area contributed by atoms with Crippen molar-refractivity contribution in [2.45, 2.75) is 17.4 Å². The second-order valence-electron chi connectivity index (χ2n) is 3.99. The summed E-state index contributed by atoms with van der Waals surface area (Å²) < 4.78 is 25.7. The summed E-state index contributed by atoms with van der Waals surface area (Å²) in [5.74, 6) is -5.18. The Morgan fingerprint density at radius 2 is 1.95 bits per heavy atom. The van der Waals surface area contributed by atoms with Gasteiger partial charge in [-0.05, 0) is 18.2 Å². The van der Waals surface area contributed by atoms with Crippen LogP contribution in [-0.2, 0) is 14.4 Å². The Morgan fingerprint density at radius 1 is 1.29 bits per heavy atom. The summed E-state index contributed by atoms with van der Waals surface area (Å²) in [5.41, 5.74) is 4.87. The molecule has 0 unspecified atom stereocenters. The van der Waals surface area contributed by atoms with Gasteiger partial charge in [0.25, 0.3) is 0 Å². The van der Waals surface area contributed by atoms with Gasteiger partial charge in [-0.1, -0.05) is 0 Å². The van der Waals surface area contributed by atoms with Gasteiger partial charge in [0.05, 0.1) is 12.2 Å². The number of rotatable bonds is 7. The van der Waals surface area contributed by atoms with Crippen LogP contribution < -0.4 is 11.1 Å². The van der Waals surface area contributed by atoms with E-state index in [1.54, 1.807) is 0 Å². The number of aliphatic carboxylic acids is 1. The molecule has 1 aromatic rings. The number of hydrogen-bond acceptors (Lipinski definition) is 4. The number of benzene rings is 1. The highest BCUT2D eigenvalue weighted by Crippen LogP contribution is 2.20. The molecule has 0 bridgehead atoms. The Bertz CT molecular complexity index is 568. The minimum absolute atomic E-state index is 0.215. The van der Waals surface area contributed by atoms with E-state index >= 15 is 0 Å². The topological polar surface area (TPSA) is 109 Å². The van der Waals surface area contributed by atoms with Gasteiger partial charge in [0, 0.05) is 4.90 Å². The monoisotopic (exact) mass is 318 g/mol. The van der Waals surface area contributed by atoms with E-state index < -0.39 is 41.9 Å². The van der Waals surface area contributed by atoms with E-state index in [-0.39, 0.29) is 5.75 Å². The van der Waals surface area contributed by atoms with Crippen molar-refractivity contribution in [1.29, 1.82) is 0 Å². The molecule has 0 radical (unpaired) electrons. The largest absolute Gasteiger partial charge is 0.480 e. The maximum atomic E-state index is 12.9. The molecule has 9 heteroatoms. The quantitative estimate of drug-likeness (QED) is 0.634. The third-order valence-electron chi connectivity index (χ3n) is 2.30. The number of nitrogens with two attached hydrogens (primary N) is 1. The van der Waals surface area contributed by atoms with Gasteiger partial charge < -0.3 is 16.2 Å². The molecule has 21 heavy (non-hydrogen) atoms. The highest BCUT2D eigenvalue weighted by atomic mass is 32.2. The summed E-state index contributed by atoms with van der Waals surface area (Å²) in [6, 6.07) is 1.71. The van der Waals surface area contributed by atoms with Gasteiger partial charge in [-0.15, -0.1) is 11.8 Å². The van der Waals surface area contributed by atoms with Crippen LogP contribution in [0.3, 0.4) is 0 Å². The lowest BCUT2D eigenvalue weighted by Crippen LogP contribution is -2.44. The molecule has 0 aromatic heterocycles. The smallest absolute Gasteiger partial charge is 0.326 e. The lowest BCUT2D eigenvalue weighted by molar-refractivity contribution is -0.143. The fraction of sp³-hybridized carbons (Fsp3) is 0.250. The van der Waals surface area contributed by atoms with Crippen LogP contribution in [0.15, 0.2) is 23.1 Å². The third kappa shape index (κ3) is 5.78. The van der Waals surface area contributed by atoms with Crippen LogP contribution in [0.2, 0.25) is 0 Å². The lowest BCUT2D eigenvalue weighted by Gasteiger charge is -2.12. The molecule has 6 nitrogen and oxygen atoms in total. The molecule has 2 amide bonds. The summed E-state index contributed by atoms with van der Waals surface area (Å²) in [5, 5.41) is 10.9. The molecule has 0 aliphatic rings. The second-order valence-corrected chi connectivity index (χ2v) is 5.04. The van der Waals surface area contributed by atoms with Gasteiger partial charge in [-0.25, -0.2) is 13.6 Å². The van der Waals surface area contributed by atoms with E-state index in [9.17, 15) is 23.2 Å². The maximum Gasteiger partial charge on any atom is 0.326 e. The average Bonchev–Trinajstić information content (AvgIpc) is 2.38. The summed E-state index contributed by atoms with van der Waals surface area (Å²) in [4.78, 5) is 33.3. The van der Waals surface area contributed by atoms with Crippen molar-refractivity contribution in [3.8, 4) is 0 Å². The van der Waals surface area contributed by atoms with Crippen LogP contribution in [0.1, 0.15) is 6.42 Å². The van der Waals surface area contributed by atoms with Crippen molar-refractivity contribution in [2.24, 2.45) is 5.73 Å². The SMILES string of the molecule is NC(=O)C[C@H](NC(=O)CSc1ccc(F)c(F)c1)C(=O)O. The molecule has 0 spiro atoms. The first-order valence-corrected chi connectivity index (χ1v) is 6.66. The van der Waals surface area contributed by atoms with Crippen LogP contribution in [0.5, 0.6) is 0 Å². The lowest BCUT2D eigenvalue weighted by atomic mass is 10.2. The molecule has 0 saturated carbocycles. The van der Waals surface area contributed by atoms with Crippen molar-refractivity contribution in [3.63, 3.8) is 0 Å². The molecule has 4 N–H and O–H groups in total. The first-order chi connectivity index (χ1) is 9.79. The van der Waals surface area contributed by atoms with Crippen LogP contribution in [0, 0.1) is 11.6 Å². The minimum Gasteiger partial charge on any atom is -0.480 e. The van der Waals surface area contributed by atoms with E-state index in [1.165, 1.54) is 6.07 Å². The number of primary amides is 1. The zero-order valence-electron chi connectivity index (χ0n) is 10.6. The number of carbonyl (C=O) groups excluding carboxylic acids is 2. The van der Waals surface area contributed by atoms with Gasteiger partial charge >= 0.3 is 5.97 Å². The van der Waals surface area contributed by atoms with Gasteiger partial charge in [0.2, 0.25) is 11.8 Å². The molecular weight excluding hydrogens is 306 g/mol. The zero-order valence-corrected chi connectivity index (χ0v) is 11.5. The summed E-state index contributed by atoms with van der Waals surface area (Å²) in [7, 11) is 0. The van der Waals surface area contributed by atoms with Gasteiger partial charge in [-0.3, -0.25) is 9.59 Å². The molecule has 114 valence electrons. The first kappa shape index (κ1) is 16.9. The van der Waals surface area contributed by atoms with E-state index in [0.29, 0.717) is 4.90 Å². The number of amides is 2. The van der Waals surface area contributed by atoms with Crippen LogP contribution in [0.4, 0.5) is 8.78 Å². The van der Waals surface area contributed by atoms with Gasteiger partial charge in [0.15, 0.2) is 11.6 Å². The average molecular weight is 318 g/mol. The molecule has 0 aliphatic carbocycles. The molecule has 0 fully saturated rings. The molecule has 1 atom stereocenters.